The first-order chi connectivity index (χ1) is 8.22. The van der Waals surface area contributed by atoms with Crippen LogP contribution in [0.15, 0.2) is 46.5 Å². The van der Waals surface area contributed by atoms with Crippen molar-refractivity contribution in [2.75, 3.05) is 7.11 Å². The summed E-state index contributed by atoms with van der Waals surface area (Å²) >= 11 is 0. The molecule has 0 aliphatic heterocycles. The van der Waals surface area contributed by atoms with Crippen LogP contribution in [0.2, 0.25) is 0 Å². The molecule has 1 aromatic carbocycles. The highest BCUT2D eigenvalue weighted by atomic mass is 16.5. The predicted molar refractivity (Wildman–Crippen MR) is 71.9 cm³/mol. The Balaban J connectivity index is 2.39. The third-order valence-electron chi connectivity index (χ3n) is 3.40. The molecule has 0 heterocycles. The van der Waals surface area contributed by atoms with Crippen molar-refractivity contribution < 1.29 is 4.74 Å². The van der Waals surface area contributed by atoms with E-state index < -0.39 is 0 Å². The van der Waals surface area contributed by atoms with Gasteiger partial charge in [-0.3, -0.25) is 4.99 Å². The van der Waals surface area contributed by atoms with E-state index in [1.165, 1.54) is 11.1 Å². The number of aliphatic imine (C=N–C) groups is 1. The second-order valence-corrected chi connectivity index (χ2v) is 4.50. The van der Waals surface area contributed by atoms with Gasteiger partial charge in [-0.05, 0) is 44.4 Å². The average Bonchev–Trinajstić information content (AvgIpc) is 2.37. The van der Waals surface area contributed by atoms with E-state index in [2.05, 4.69) is 13.8 Å². The zero-order valence-corrected chi connectivity index (χ0v) is 10.7. The maximum absolute atomic E-state index is 5.53. The first kappa shape index (κ1) is 12.1. The minimum atomic E-state index is 0.138. The number of rotatable bonds is 2. The summed E-state index contributed by atoms with van der Waals surface area (Å²) in [5, 5.41) is 0. The summed E-state index contributed by atoms with van der Waals surface area (Å²) in [6.45, 7) is 4.32. The van der Waals surface area contributed by atoms with E-state index in [1.807, 2.05) is 30.3 Å². The van der Waals surface area contributed by atoms with E-state index in [0.717, 1.165) is 24.2 Å². The van der Waals surface area contributed by atoms with Crippen LogP contribution in [-0.4, -0.2) is 18.9 Å². The molecule has 0 amide bonds. The van der Waals surface area contributed by atoms with Gasteiger partial charge in [-0.2, -0.15) is 0 Å². The van der Waals surface area contributed by atoms with Gasteiger partial charge in [-0.25, -0.2) is 0 Å². The van der Waals surface area contributed by atoms with Crippen LogP contribution in [0.4, 0.5) is 5.69 Å². The topological polar surface area (TPSA) is 21.6 Å². The summed E-state index contributed by atoms with van der Waals surface area (Å²) in [6, 6.07) is 10.1. The van der Waals surface area contributed by atoms with Crippen LogP contribution in [0.1, 0.15) is 26.7 Å². The van der Waals surface area contributed by atoms with Crippen LogP contribution < -0.4 is 0 Å². The van der Waals surface area contributed by atoms with E-state index in [4.69, 9.17) is 9.73 Å². The molecule has 1 atom stereocenters. The number of allylic oxidation sites excluding steroid dienone is 1. The number of hydrogen-bond donors (Lipinski definition) is 0. The van der Waals surface area contributed by atoms with Crippen molar-refractivity contribution in [3.05, 3.63) is 41.5 Å². The lowest BCUT2D eigenvalue weighted by Crippen LogP contribution is -2.28. The minimum Gasteiger partial charge on any atom is -0.375 e. The van der Waals surface area contributed by atoms with Crippen LogP contribution in [0.5, 0.6) is 0 Å². The Hall–Kier alpha value is -1.41. The van der Waals surface area contributed by atoms with E-state index in [1.54, 1.807) is 7.11 Å². The van der Waals surface area contributed by atoms with Crippen molar-refractivity contribution in [3.8, 4) is 0 Å². The molecule has 90 valence electrons. The molecule has 1 unspecified atom stereocenters. The van der Waals surface area contributed by atoms with E-state index in [9.17, 15) is 0 Å². The molecular formula is C15H19NO. The molecule has 0 bridgehead atoms. The van der Waals surface area contributed by atoms with E-state index in [0.29, 0.717) is 0 Å². The summed E-state index contributed by atoms with van der Waals surface area (Å²) in [5.41, 5.74) is 4.79. The fraction of sp³-hybridized carbons (Fsp3) is 0.400. The highest BCUT2D eigenvalue weighted by Gasteiger charge is 2.23. The number of hydrogen-bond acceptors (Lipinski definition) is 2. The maximum Gasteiger partial charge on any atom is 0.0996 e. The lowest BCUT2D eigenvalue weighted by Gasteiger charge is -2.25. The first-order valence-electron chi connectivity index (χ1n) is 6.05. The van der Waals surface area contributed by atoms with Crippen LogP contribution in [0.25, 0.3) is 0 Å². The maximum atomic E-state index is 5.53. The molecule has 17 heavy (non-hydrogen) atoms. The number of ether oxygens (including phenoxy) is 1. The third-order valence-corrected chi connectivity index (χ3v) is 3.40. The van der Waals surface area contributed by atoms with Gasteiger partial charge in [0.2, 0.25) is 0 Å². The first-order valence-corrected chi connectivity index (χ1v) is 6.05. The Labute approximate surface area is 103 Å². The number of methoxy groups -OCH3 is 1. The Morgan fingerprint density at radius 1 is 1.18 bits per heavy atom. The normalized spacial score (nSPS) is 23.2. The smallest absolute Gasteiger partial charge is 0.0996 e. The SMILES string of the molecule is COC1CCC(C)=C(C)C1=Nc1ccccc1. The number of benzene rings is 1. The zero-order chi connectivity index (χ0) is 12.3. The van der Waals surface area contributed by atoms with Gasteiger partial charge in [-0.1, -0.05) is 23.8 Å². The van der Waals surface area contributed by atoms with Crippen molar-refractivity contribution >= 4 is 11.4 Å². The average molecular weight is 229 g/mol. The Bertz CT molecular complexity index is 445. The number of nitrogens with zero attached hydrogens (tertiary/aromatic N) is 1. The molecule has 0 radical (unpaired) electrons. The van der Waals surface area contributed by atoms with Crippen molar-refractivity contribution in [1.29, 1.82) is 0 Å². The number of para-hydroxylation sites is 1. The van der Waals surface area contributed by atoms with Crippen LogP contribution in [0.3, 0.4) is 0 Å². The second kappa shape index (κ2) is 5.28. The minimum absolute atomic E-state index is 0.138. The van der Waals surface area contributed by atoms with Gasteiger partial charge in [0.1, 0.15) is 0 Å². The molecule has 0 spiro atoms. The molecule has 2 rings (SSSR count). The Kier molecular flexibility index (Phi) is 3.75. The molecule has 0 N–H and O–H groups in total. The monoisotopic (exact) mass is 229 g/mol. The van der Waals surface area contributed by atoms with Gasteiger partial charge in [0.25, 0.3) is 0 Å². The van der Waals surface area contributed by atoms with Gasteiger partial charge < -0.3 is 4.74 Å². The van der Waals surface area contributed by atoms with E-state index in [-0.39, 0.29) is 6.10 Å². The quantitative estimate of drug-likeness (QED) is 0.753. The van der Waals surface area contributed by atoms with Crippen LogP contribution in [0, 0.1) is 0 Å². The molecule has 1 aromatic rings. The molecule has 1 aliphatic carbocycles. The van der Waals surface area contributed by atoms with Crippen LogP contribution in [-0.2, 0) is 4.74 Å². The van der Waals surface area contributed by atoms with Gasteiger partial charge in [0.05, 0.1) is 17.5 Å². The summed E-state index contributed by atoms with van der Waals surface area (Å²) in [7, 11) is 1.76. The van der Waals surface area contributed by atoms with Crippen LogP contribution >= 0.6 is 0 Å². The fourth-order valence-electron chi connectivity index (χ4n) is 2.16. The second-order valence-electron chi connectivity index (χ2n) is 4.50. The predicted octanol–water partition coefficient (Wildman–Crippen LogP) is 3.90. The molecule has 1 aliphatic rings. The third kappa shape index (κ3) is 2.64. The van der Waals surface area contributed by atoms with Crippen molar-refractivity contribution in [1.82, 2.24) is 0 Å². The zero-order valence-electron chi connectivity index (χ0n) is 10.7. The van der Waals surface area contributed by atoms with E-state index >= 15 is 0 Å². The molecule has 0 saturated carbocycles. The van der Waals surface area contributed by atoms with Gasteiger partial charge in [-0.15, -0.1) is 0 Å². The van der Waals surface area contributed by atoms with Crippen molar-refractivity contribution in [2.45, 2.75) is 32.8 Å². The Morgan fingerprint density at radius 3 is 2.53 bits per heavy atom. The fourth-order valence-corrected chi connectivity index (χ4v) is 2.16. The standard InChI is InChI=1S/C15H19NO/c1-11-9-10-14(17-3)15(12(11)2)16-13-7-5-4-6-8-13/h4-8,14H,9-10H2,1-3H3. The summed E-state index contributed by atoms with van der Waals surface area (Å²) in [5.74, 6) is 0. The molecular weight excluding hydrogens is 210 g/mol. The molecule has 2 nitrogen and oxygen atoms in total. The molecule has 0 aromatic heterocycles. The molecule has 0 saturated heterocycles. The largest absolute Gasteiger partial charge is 0.375 e. The lowest BCUT2D eigenvalue weighted by molar-refractivity contribution is 0.146. The lowest BCUT2D eigenvalue weighted by atomic mass is 9.89. The van der Waals surface area contributed by atoms with Crippen molar-refractivity contribution in [2.24, 2.45) is 4.99 Å². The molecule has 2 heteroatoms. The van der Waals surface area contributed by atoms with Gasteiger partial charge in [0.15, 0.2) is 0 Å². The summed E-state index contributed by atoms with van der Waals surface area (Å²) < 4.78 is 5.53. The highest BCUT2D eigenvalue weighted by Crippen LogP contribution is 2.26. The summed E-state index contributed by atoms with van der Waals surface area (Å²) in [4.78, 5) is 4.74. The highest BCUT2D eigenvalue weighted by molar-refractivity contribution is 6.05. The van der Waals surface area contributed by atoms with Gasteiger partial charge in [0, 0.05) is 7.11 Å². The Morgan fingerprint density at radius 2 is 1.88 bits per heavy atom. The van der Waals surface area contributed by atoms with Crippen molar-refractivity contribution in [3.63, 3.8) is 0 Å². The van der Waals surface area contributed by atoms with Gasteiger partial charge >= 0.3 is 0 Å². The molecule has 0 fully saturated rings. The summed E-state index contributed by atoms with van der Waals surface area (Å²) in [6.07, 6.45) is 2.28.